The van der Waals surface area contributed by atoms with Crippen LogP contribution in [0.3, 0.4) is 0 Å². The number of rotatable bonds is 2. The molecule has 0 aromatic rings. The summed E-state index contributed by atoms with van der Waals surface area (Å²) in [5.41, 5.74) is 0. The van der Waals surface area contributed by atoms with Crippen LogP contribution in [0.5, 0.6) is 0 Å². The van der Waals surface area contributed by atoms with Crippen LogP contribution >= 0.6 is 0 Å². The quantitative estimate of drug-likeness (QED) is 0.643. The summed E-state index contributed by atoms with van der Waals surface area (Å²) in [6, 6.07) is 0. The lowest BCUT2D eigenvalue weighted by Gasteiger charge is -2.28. The monoisotopic (exact) mass is 183 g/mol. The minimum absolute atomic E-state index is 0.232. The zero-order valence-electron chi connectivity index (χ0n) is 9.05. The Morgan fingerprint density at radius 3 is 2.23 bits per heavy atom. The van der Waals surface area contributed by atoms with Gasteiger partial charge in [-0.3, -0.25) is 4.79 Å². The number of carbonyl (C=O) groups excluding carboxylic acids is 1. The molecule has 0 heterocycles. The second kappa shape index (κ2) is 4.64. The average Bonchev–Trinajstić information content (AvgIpc) is 2.17. The minimum Gasteiger partial charge on any atom is -0.349 e. The van der Waals surface area contributed by atoms with E-state index in [-0.39, 0.29) is 5.92 Å². The number of hydrogen-bond donors (Lipinski definition) is 0. The van der Waals surface area contributed by atoms with Crippen molar-refractivity contribution in [3.63, 3.8) is 0 Å². The lowest BCUT2D eigenvalue weighted by atomic mass is 9.80. The van der Waals surface area contributed by atoms with Gasteiger partial charge in [0.25, 0.3) is 0 Å². The second-order valence-electron chi connectivity index (χ2n) is 4.42. The van der Waals surface area contributed by atoms with Crippen molar-refractivity contribution in [1.82, 2.24) is 4.90 Å². The highest BCUT2D eigenvalue weighted by molar-refractivity contribution is 5.78. The molecule has 76 valence electrons. The molecule has 0 unspecified atom stereocenters. The van der Waals surface area contributed by atoms with Gasteiger partial charge in [0, 0.05) is 20.0 Å². The molecule has 0 aliphatic heterocycles. The van der Waals surface area contributed by atoms with E-state index in [1.807, 2.05) is 14.1 Å². The van der Waals surface area contributed by atoms with E-state index < -0.39 is 0 Å². The van der Waals surface area contributed by atoms with Gasteiger partial charge in [-0.25, -0.2) is 0 Å². The first kappa shape index (κ1) is 10.6. The van der Waals surface area contributed by atoms with Crippen molar-refractivity contribution in [2.24, 2.45) is 11.8 Å². The molecular weight excluding hydrogens is 162 g/mol. The summed E-state index contributed by atoms with van der Waals surface area (Å²) in [4.78, 5) is 13.4. The fraction of sp³-hybridized carbons (Fsp3) is 0.909. The van der Waals surface area contributed by atoms with Crippen molar-refractivity contribution in [2.45, 2.75) is 39.0 Å². The van der Waals surface area contributed by atoms with Gasteiger partial charge < -0.3 is 4.90 Å². The third-order valence-electron chi connectivity index (χ3n) is 3.19. The van der Waals surface area contributed by atoms with E-state index in [9.17, 15) is 4.79 Å². The molecule has 1 aliphatic carbocycles. The molecule has 2 nitrogen and oxygen atoms in total. The van der Waals surface area contributed by atoms with Crippen LogP contribution < -0.4 is 0 Å². The lowest BCUT2D eigenvalue weighted by Crippen LogP contribution is -2.33. The molecule has 0 radical (unpaired) electrons. The molecule has 0 spiro atoms. The fourth-order valence-electron chi connectivity index (χ4n) is 2.24. The summed E-state index contributed by atoms with van der Waals surface area (Å²) >= 11 is 0. The number of amides is 1. The zero-order chi connectivity index (χ0) is 9.84. The van der Waals surface area contributed by atoms with Crippen LogP contribution in [-0.4, -0.2) is 24.9 Å². The SMILES string of the molecule is C[C@H](C(=O)N(C)C)C1CCCCC1. The summed E-state index contributed by atoms with van der Waals surface area (Å²) in [7, 11) is 3.70. The largest absolute Gasteiger partial charge is 0.349 e. The van der Waals surface area contributed by atoms with E-state index in [4.69, 9.17) is 0 Å². The van der Waals surface area contributed by atoms with E-state index in [0.717, 1.165) is 0 Å². The van der Waals surface area contributed by atoms with E-state index >= 15 is 0 Å². The van der Waals surface area contributed by atoms with Gasteiger partial charge in [0.2, 0.25) is 5.91 Å². The van der Waals surface area contributed by atoms with Crippen LogP contribution in [0.25, 0.3) is 0 Å². The molecular formula is C11H21NO. The number of hydrogen-bond acceptors (Lipinski definition) is 1. The van der Waals surface area contributed by atoms with Gasteiger partial charge in [-0.15, -0.1) is 0 Å². The molecule has 1 rings (SSSR count). The highest BCUT2D eigenvalue weighted by Crippen LogP contribution is 2.30. The van der Waals surface area contributed by atoms with Crippen molar-refractivity contribution in [3.8, 4) is 0 Å². The van der Waals surface area contributed by atoms with Gasteiger partial charge in [0.05, 0.1) is 0 Å². The Bertz CT molecular complexity index is 171. The van der Waals surface area contributed by atoms with Gasteiger partial charge in [0.1, 0.15) is 0 Å². The first-order valence-corrected chi connectivity index (χ1v) is 5.34. The van der Waals surface area contributed by atoms with Crippen molar-refractivity contribution < 1.29 is 4.79 Å². The topological polar surface area (TPSA) is 20.3 Å². The molecule has 1 saturated carbocycles. The van der Waals surface area contributed by atoms with Crippen molar-refractivity contribution in [2.75, 3.05) is 14.1 Å². The molecule has 0 aromatic carbocycles. The van der Waals surface area contributed by atoms with Crippen LogP contribution in [0.15, 0.2) is 0 Å². The first-order valence-electron chi connectivity index (χ1n) is 5.34. The van der Waals surface area contributed by atoms with Crippen molar-refractivity contribution >= 4 is 5.91 Å². The Kier molecular flexibility index (Phi) is 3.76. The summed E-state index contributed by atoms with van der Waals surface area (Å²) in [5.74, 6) is 1.17. The molecule has 1 fully saturated rings. The predicted octanol–water partition coefficient (Wildman–Crippen LogP) is 2.29. The summed E-state index contributed by atoms with van der Waals surface area (Å²) in [5, 5.41) is 0. The summed E-state index contributed by atoms with van der Waals surface area (Å²) < 4.78 is 0. The molecule has 1 atom stereocenters. The molecule has 2 heteroatoms. The van der Waals surface area contributed by atoms with Crippen LogP contribution in [0, 0.1) is 11.8 Å². The van der Waals surface area contributed by atoms with Gasteiger partial charge in [-0.1, -0.05) is 26.2 Å². The first-order chi connectivity index (χ1) is 6.13. The third kappa shape index (κ3) is 2.71. The molecule has 1 aliphatic rings. The van der Waals surface area contributed by atoms with Gasteiger partial charge >= 0.3 is 0 Å². The fourth-order valence-corrected chi connectivity index (χ4v) is 2.24. The molecule has 0 saturated heterocycles. The van der Waals surface area contributed by atoms with E-state index in [1.165, 1.54) is 32.1 Å². The maximum Gasteiger partial charge on any atom is 0.225 e. The van der Waals surface area contributed by atoms with Crippen LogP contribution in [-0.2, 0) is 4.79 Å². The number of carbonyl (C=O) groups is 1. The van der Waals surface area contributed by atoms with E-state index in [0.29, 0.717) is 11.8 Å². The Hall–Kier alpha value is -0.530. The van der Waals surface area contributed by atoms with Crippen LogP contribution in [0.1, 0.15) is 39.0 Å². The minimum atomic E-state index is 0.232. The highest BCUT2D eigenvalue weighted by Gasteiger charge is 2.26. The van der Waals surface area contributed by atoms with Crippen molar-refractivity contribution in [1.29, 1.82) is 0 Å². The summed E-state index contributed by atoms with van der Waals surface area (Å²) in [6.45, 7) is 2.08. The maximum atomic E-state index is 11.7. The Labute approximate surface area is 81.3 Å². The smallest absolute Gasteiger partial charge is 0.225 e. The Balaban J connectivity index is 2.45. The van der Waals surface area contributed by atoms with Gasteiger partial charge in [-0.05, 0) is 18.8 Å². The Morgan fingerprint density at radius 1 is 1.23 bits per heavy atom. The zero-order valence-corrected chi connectivity index (χ0v) is 9.05. The average molecular weight is 183 g/mol. The third-order valence-corrected chi connectivity index (χ3v) is 3.19. The lowest BCUT2D eigenvalue weighted by molar-refractivity contribution is -0.134. The standard InChI is InChI=1S/C11H21NO/c1-9(11(13)12(2)3)10-7-5-4-6-8-10/h9-10H,4-8H2,1-3H3/t9-/m0/s1. The maximum absolute atomic E-state index is 11.7. The van der Waals surface area contributed by atoms with E-state index in [1.54, 1.807) is 4.90 Å². The number of nitrogens with zero attached hydrogens (tertiary/aromatic N) is 1. The molecule has 0 aromatic heterocycles. The van der Waals surface area contributed by atoms with Crippen molar-refractivity contribution in [3.05, 3.63) is 0 Å². The second-order valence-corrected chi connectivity index (χ2v) is 4.42. The van der Waals surface area contributed by atoms with Crippen LogP contribution in [0.4, 0.5) is 0 Å². The molecule has 0 N–H and O–H groups in total. The molecule has 0 bridgehead atoms. The highest BCUT2D eigenvalue weighted by atomic mass is 16.2. The normalized spacial score (nSPS) is 21.2. The summed E-state index contributed by atoms with van der Waals surface area (Å²) in [6.07, 6.45) is 6.49. The Morgan fingerprint density at radius 2 is 1.77 bits per heavy atom. The van der Waals surface area contributed by atoms with Crippen LogP contribution in [0.2, 0.25) is 0 Å². The molecule has 13 heavy (non-hydrogen) atoms. The predicted molar refractivity (Wildman–Crippen MR) is 54.4 cm³/mol. The molecule has 1 amide bonds. The van der Waals surface area contributed by atoms with Gasteiger partial charge in [0.15, 0.2) is 0 Å². The van der Waals surface area contributed by atoms with E-state index in [2.05, 4.69) is 6.92 Å². The van der Waals surface area contributed by atoms with Gasteiger partial charge in [-0.2, -0.15) is 0 Å².